The molecule has 0 aliphatic heterocycles. The highest BCUT2D eigenvalue weighted by Crippen LogP contribution is 2.28. The molecule has 0 fully saturated rings. The maximum absolute atomic E-state index is 8.66. The van der Waals surface area contributed by atoms with Gasteiger partial charge in [-0.05, 0) is 35.4 Å². The summed E-state index contributed by atoms with van der Waals surface area (Å²) in [5, 5.41) is 17.3. The van der Waals surface area contributed by atoms with E-state index in [4.69, 9.17) is 10.5 Å². The molecule has 0 heterocycles. The van der Waals surface area contributed by atoms with Crippen molar-refractivity contribution in [3.63, 3.8) is 0 Å². The standard InChI is InChI=1S/C8H5IN2/c9-8-3-1-2-6(4-10)7(8)5-11/h3H,1-2H2. The Balaban J connectivity index is 3.13. The summed E-state index contributed by atoms with van der Waals surface area (Å²) in [6.07, 6.45) is 3.58. The normalized spacial score (nSPS) is 16.8. The van der Waals surface area contributed by atoms with Crippen molar-refractivity contribution < 1.29 is 0 Å². The van der Waals surface area contributed by atoms with E-state index < -0.39 is 0 Å². The second kappa shape index (κ2) is 3.54. The fraction of sp³-hybridized carbons (Fsp3) is 0.250. The zero-order valence-electron chi connectivity index (χ0n) is 5.76. The van der Waals surface area contributed by atoms with Crippen molar-refractivity contribution in [3.8, 4) is 12.1 Å². The molecule has 0 amide bonds. The minimum Gasteiger partial charge on any atom is -0.193 e. The topological polar surface area (TPSA) is 47.6 Å². The van der Waals surface area contributed by atoms with Gasteiger partial charge in [0.25, 0.3) is 0 Å². The predicted octanol–water partition coefficient (Wildman–Crippen LogP) is 2.44. The van der Waals surface area contributed by atoms with Gasteiger partial charge in [0.05, 0.1) is 11.6 Å². The van der Waals surface area contributed by atoms with Gasteiger partial charge in [-0.15, -0.1) is 0 Å². The summed E-state index contributed by atoms with van der Waals surface area (Å²) >= 11 is 2.09. The molecule has 0 radical (unpaired) electrons. The van der Waals surface area contributed by atoms with Crippen LogP contribution in [0.5, 0.6) is 0 Å². The highest BCUT2D eigenvalue weighted by atomic mass is 127. The molecule has 0 aromatic heterocycles. The number of rotatable bonds is 0. The van der Waals surface area contributed by atoms with Crippen molar-refractivity contribution in [1.82, 2.24) is 0 Å². The van der Waals surface area contributed by atoms with E-state index in [-0.39, 0.29) is 0 Å². The van der Waals surface area contributed by atoms with Crippen LogP contribution in [0.25, 0.3) is 0 Å². The first kappa shape index (κ1) is 8.29. The number of halogens is 1. The molecule has 1 aliphatic carbocycles. The van der Waals surface area contributed by atoms with Gasteiger partial charge in [0.1, 0.15) is 6.07 Å². The van der Waals surface area contributed by atoms with E-state index >= 15 is 0 Å². The highest BCUT2D eigenvalue weighted by Gasteiger charge is 2.12. The van der Waals surface area contributed by atoms with Crippen molar-refractivity contribution >= 4 is 22.6 Å². The molecule has 0 aromatic carbocycles. The van der Waals surface area contributed by atoms with Crippen LogP contribution in [-0.4, -0.2) is 0 Å². The maximum atomic E-state index is 8.66. The number of allylic oxidation sites excluding steroid dienone is 4. The molecule has 2 nitrogen and oxygen atoms in total. The fourth-order valence-corrected chi connectivity index (χ4v) is 1.70. The van der Waals surface area contributed by atoms with Gasteiger partial charge in [0, 0.05) is 9.15 Å². The van der Waals surface area contributed by atoms with E-state index in [0.29, 0.717) is 17.6 Å². The van der Waals surface area contributed by atoms with E-state index in [2.05, 4.69) is 22.6 Å². The van der Waals surface area contributed by atoms with Crippen LogP contribution in [0, 0.1) is 22.7 Å². The van der Waals surface area contributed by atoms with Crippen molar-refractivity contribution in [1.29, 1.82) is 10.5 Å². The van der Waals surface area contributed by atoms with Crippen LogP contribution in [-0.2, 0) is 0 Å². The molecule has 11 heavy (non-hydrogen) atoms. The second-order valence-electron chi connectivity index (χ2n) is 2.17. The van der Waals surface area contributed by atoms with Gasteiger partial charge in [-0.2, -0.15) is 10.5 Å². The Morgan fingerprint density at radius 2 is 2.09 bits per heavy atom. The largest absolute Gasteiger partial charge is 0.193 e. The molecule has 0 spiro atoms. The first-order chi connectivity index (χ1) is 5.29. The molecule has 1 aliphatic rings. The Labute approximate surface area is 79.0 Å². The molecule has 0 bridgehead atoms. The monoisotopic (exact) mass is 256 g/mol. The average molecular weight is 256 g/mol. The summed E-state index contributed by atoms with van der Waals surface area (Å²) in [5.41, 5.74) is 1.18. The third-order valence-electron chi connectivity index (χ3n) is 1.51. The van der Waals surface area contributed by atoms with E-state index in [0.717, 1.165) is 10.0 Å². The molecule has 3 heteroatoms. The van der Waals surface area contributed by atoms with Crippen LogP contribution >= 0.6 is 22.6 Å². The molecule has 0 saturated heterocycles. The summed E-state index contributed by atoms with van der Waals surface area (Å²) in [7, 11) is 0. The average Bonchev–Trinajstić information content (AvgIpc) is 2.04. The summed E-state index contributed by atoms with van der Waals surface area (Å²) in [5.74, 6) is 0. The molecule has 0 N–H and O–H groups in total. The smallest absolute Gasteiger partial charge is 0.101 e. The Bertz CT molecular complexity index is 312. The van der Waals surface area contributed by atoms with Crippen LogP contribution < -0.4 is 0 Å². The van der Waals surface area contributed by atoms with E-state index in [1.165, 1.54) is 0 Å². The molecule has 0 atom stereocenters. The minimum atomic E-state index is 0.555. The lowest BCUT2D eigenvalue weighted by atomic mass is 10.00. The zero-order valence-corrected chi connectivity index (χ0v) is 7.92. The molecule has 0 saturated carbocycles. The van der Waals surface area contributed by atoms with E-state index in [1.54, 1.807) is 0 Å². The fourth-order valence-electron chi connectivity index (χ4n) is 0.947. The first-order valence-corrected chi connectivity index (χ1v) is 4.27. The minimum absolute atomic E-state index is 0.555. The summed E-state index contributed by atoms with van der Waals surface area (Å²) in [6.45, 7) is 0. The van der Waals surface area contributed by atoms with Crippen molar-refractivity contribution in [2.75, 3.05) is 0 Å². The summed E-state index contributed by atoms with van der Waals surface area (Å²) in [6, 6.07) is 4.08. The maximum Gasteiger partial charge on any atom is 0.101 e. The van der Waals surface area contributed by atoms with E-state index in [1.807, 2.05) is 18.2 Å². The second-order valence-corrected chi connectivity index (χ2v) is 3.33. The molecule has 1 rings (SSSR count). The number of nitriles is 2. The molecular weight excluding hydrogens is 251 g/mol. The van der Waals surface area contributed by atoms with Gasteiger partial charge in [-0.1, -0.05) is 6.08 Å². The number of hydrogen-bond donors (Lipinski definition) is 0. The van der Waals surface area contributed by atoms with Crippen LogP contribution in [0.4, 0.5) is 0 Å². The zero-order chi connectivity index (χ0) is 8.27. The van der Waals surface area contributed by atoms with Crippen molar-refractivity contribution in [2.24, 2.45) is 0 Å². The SMILES string of the molecule is N#CC1=C(C#N)C(I)=CCC1. The lowest BCUT2D eigenvalue weighted by Crippen LogP contribution is -1.93. The van der Waals surface area contributed by atoms with Gasteiger partial charge < -0.3 is 0 Å². The van der Waals surface area contributed by atoms with Gasteiger partial charge in [-0.3, -0.25) is 0 Å². The molecule has 0 aromatic rings. The van der Waals surface area contributed by atoms with E-state index in [9.17, 15) is 0 Å². The van der Waals surface area contributed by atoms with Gasteiger partial charge >= 0.3 is 0 Å². The highest BCUT2D eigenvalue weighted by molar-refractivity contribution is 14.1. The van der Waals surface area contributed by atoms with Crippen LogP contribution in [0.3, 0.4) is 0 Å². The molecule has 0 unspecified atom stereocenters. The van der Waals surface area contributed by atoms with Crippen molar-refractivity contribution in [3.05, 3.63) is 20.8 Å². The third kappa shape index (κ3) is 1.61. The van der Waals surface area contributed by atoms with Gasteiger partial charge in [-0.25, -0.2) is 0 Å². The predicted molar refractivity (Wildman–Crippen MR) is 49.6 cm³/mol. The third-order valence-corrected chi connectivity index (χ3v) is 2.49. The van der Waals surface area contributed by atoms with Crippen LogP contribution in [0.1, 0.15) is 12.8 Å². The Morgan fingerprint density at radius 1 is 1.36 bits per heavy atom. The molecule has 54 valence electrons. The Hall–Kier alpha value is -0.810. The summed E-state index contributed by atoms with van der Waals surface area (Å²) in [4.78, 5) is 0. The van der Waals surface area contributed by atoms with Crippen molar-refractivity contribution in [2.45, 2.75) is 12.8 Å². The quantitative estimate of drug-likeness (QED) is 0.625. The van der Waals surface area contributed by atoms with Crippen LogP contribution in [0.2, 0.25) is 0 Å². The number of nitrogens with zero attached hydrogens (tertiary/aromatic N) is 2. The Kier molecular flexibility index (Phi) is 2.67. The van der Waals surface area contributed by atoms with Crippen LogP contribution in [0.15, 0.2) is 20.8 Å². The molecular formula is C8H5IN2. The lowest BCUT2D eigenvalue weighted by Gasteiger charge is -2.06. The van der Waals surface area contributed by atoms with Gasteiger partial charge in [0.2, 0.25) is 0 Å². The first-order valence-electron chi connectivity index (χ1n) is 3.19. The Morgan fingerprint density at radius 3 is 2.55 bits per heavy atom. The number of hydrogen-bond acceptors (Lipinski definition) is 2. The summed E-state index contributed by atoms with van der Waals surface area (Å²) < 4.78 is 0.910. The van der Waals surface area contributed by atoms with Gasteiger partial charge in [0.15, 0.2) is 0 Å². The lowest BCUT2D eigenvalue weighted by molar-refractivity contribution is 0.981.